The Kier molecular flexibility index (Phi) is 8.80. The Labute approximate surface area is 147 Å². The summed E-state index contributed by atoms with van der Waals surface area (Å²) in [5.41, 5.74) is 0. The maximum atomic E-state index is 16.0. The first-order valence-electron chi connectivity index (χ1n) is 6.42. The van der Waals surface area contributed by atoms with E-state index in [2.05, 4.69) is 14.0 Å². The highest BCUT2D eigenvalue weighted by atomic mass is 31.2. The van der Waals surface area contributed by atoms with Crippen molar-refractivity contribution in [2.75, 3.05) is 26.0 Å². The molecule has 10 nitrogen and oxygen atoms in total. The van der Waals surface area contributed by atoms with Gasteiger partial charge in [-0.05, 0) is 4.57 Å². The number of halogens is 1. The van der Waals surface area contributed by atoms with Crippen LogP contribution >= 0.6 is 39.9 Å². The van der Waals surface area contributed by atoms with E-state index < -0.39 is 64.3 Å². The normalized spacial score (nSPS) is 19.9. The first kappa shape index (κ1) is 22.8. The minimum atomic E-state index is -4.45. The van der Waals surface area contributed by atoms with Crippen LogP contribution in [-0.2, 0) is 42.7 Å². The van der Waals surface area contributed by atoms with Crippen LogP contribution in [0.5, 0.6) is 0 Å². The Balaban J connectivity index is 3.45. The Bertz CT molecular complexity index is 699. The summed E-state index contributed by atoms with van der Waals surface area (Å²) in [6.07, 6.45) is 1.96. The molecule has 0 bridgehead atoms. The summed E-state index contributed by atoms with van der Waals surface area (Å²) in [6.45, 7) is 1.16. The van der Waals surface area contributed by atoms with Gasteiger partial charge in [-0.15, -0.1) is 0 Å². The SMILES string of the molecule is C[P+](=O)OP(C)(=O)C(F)(Cn1ccnc1)P(=O)(COP=O)COP=O. The first-order chi connectivity index (χ1) is 11.6. The second kappa shape index (κ2) is 9.64. The molecule has 1 rings (SSSR count). The lowest BCUT2D eigenvalue weighted by Crippen LogP contribution is -2.32. The molecule has 0 aliphatic heterocycles. The van der Waals surface area contributed by atoms with Gasteiger partial charge < -0.3 is 9.13 Å². The van der Waals surface area contributed by atoms with Gasteiger partial charge in [0, 0.05) is 19.1 Å². The van der Waals surface area contributed by atoms with E-state index in [1.54, 1.807) is 0 Å². The summed E-state index contributed by atoms with van der Waals surface area (Å²) in [5.74, 6) is 0. The van der Waals surface area contributed by atoms with E-state index in [4.69, 9.17) is 4.31 Å². The molecule has 0 aliphatic rings. The second-order valence-electron chi connectivity index (χ2n) is 4.88. The molecule has 0 aromatic carbocycles. The Hall–Kier alpha value is -0.220. The number of alkyl halides is 1. The molecule has 0 fully saturated rings. The molecule has 0 radical (unpaired) electrons. The zero-order valence-corrected chi connectivity index (χ0v) is 17.6. The summed E-state index contributed by atoms with van der Waals surface area (Å²) >= 11 is 0. The van der Waals surface area contributed by atoms with E-state index in [1.165, 1.54) is 18.7 Å². The van der Waals surface area contributed by atoms with Crippen LogP contribution in [0.4, 0.5) is 4.39 Å². The maximum absolute atomic E-state index is 16.0. The Morgan fingerprint density at radius 1 is 1.28 bits per heavy atom. The highest BCUT2D eigenvalue weighted by Crippen LogP contribution is 2.78. The van der Waals surface area contributed by atoms with Crippen LogP contribution in [0.2, 0.25) is 0 Å². The summed E-state index contributed by atoms with van der Waals surface area (Å²) in [6, 6.07) is 0. The minimum Gasteiger partial charge on any atom is -0.333 e. The third kappa shape index (κ3) is 5.63. The van der Waals surface area contributed by atoms with Crippen molar-refractivity contribution in [2.45, 2.75) is 11.7 Å². The fraction of sp³-hybridized carbons (Fsp3) is 0.667. The van der Waals surface area contributed by atoms with E-state index in [9.17, 15) is 22.8 Å². The van der Waals surface area contributed by atoms with Gasteiger partial charge in [-0.25, -0.2) is 18.5 Å². The van der Waals surface area contributed by atoms with E-state index in [0.717, 1.165) is 17.9 Å². The van der Waals surface area contributed by atoms with E-state index >= 15 is 4.39 Å². The van der Waals surface area contributed by atoms with Gasteiger partial charge in [0.15, 0.2) is 13.8 Å². The number of aromatic nitrogens is 2. The standard InChI is InChI=1S/C9H15FN2O8P5/c1-23(15)20-24(2,16)9(10,5-12-4-3-11-6-12)25(17,7-18-21-13)8-19-22-14/h3-4,6H,5,7-8H2,1-2H3/q+1. The average molecular weight is 453 g/mol. The zero-order valence-electron chi connectivity index (χ0n) is 13.1. The average Bonchev–Trinajstić information content (AvgIpc) is 3.02. The molecule has 140 valence electrons. The van der Waals surface area contributed by atoms with Crippen LogP contribution < -0.4 is 0 Å². The molecule has 0 spiro atoms. The molecular formula is C9H15FN2O8P5+. The fourth-order valence-corrected chi connectivity index (χ4v) is 10.7. The summed E-state index contributed by atoms with van der Waals surface area (Å²) in [7, 11) is -13.1. The lowest BCUT2D eigenvalue weighted by atomic mass is 10.7. The third-order valence-electron chi connectivity index (χ3n) is 3.10. The summed E-state index contributed by atoms with van der Waals surface area (Å²) < 4.78 is 89.5. The lowest BCUT2D eigenvalue weighted by Gasteiger charge is -2.34. The van der Waals surface area contributed by atoms with Gasteiger partial charge in [0.1, 0.15) is 12.7 Å². The largest absolute Gasteiger partial charge is 0.511 e. The molecule has 0 saturated heterocycles. The van der Waals surface area contributed by atoms with Crippen LogP contribution in [0.25, 0.3) is 0 Å². The van der Waals surface area contributed by atoms with Gasteiger partial charge in [0.05, 0.1) is 12.9 Å². The van der Waals surface area contributed by atoms with Gasteiger partial charge in [-0.3, -0.25) is 13.6 Å². The Morgan fingerprint density at radius 3 is 2.24 bits per heavy atom. The number of imidazole rings is 1. The predicted octanol–water partition coefficient (Wildman–Crippen LogP) is 4.53. The van der Waals surface area contributed by atoms with Crippen LogP contribution in [0.1, 0.15) is 0 Å². The zero-order chi connectivity index (χ0) is 19.1. The van der Waals surface area contributed by atoms with Crippen molar-refractivity contribution >= 4 is 39.9 Å². The molecule has 3 atom stereocenters. The Morgan fingerprint density at radius 2 is 1.84 bits per heavy atom. The smallest absolute Gasteiger partial charge is 0.333 e. The molecule has 25 heavy (non-hydrogen) atoms. The maximum Gasteiger partial charge on any atom is 0.511 e. The molecule has 0 N–H and O–H groups in total. The first-order valence-corrected chi connectivity index (χ1v) is 13.7. The summed E-state index contributed by atoms with van der Waals surface area (Å²) in [4.78, 5) is 3.71. The third-order valence-corrected chi connectivity index (χ3v) is 12.2. The van der Waals surface area contributed by atoms with Crippen molar-refractivity contribution < 1.29 is 40.6 Å². The molecule has 3 unspecified atom stereocenters. The van der Waals surface area contributed by atoms with Gasteiger partial charge >= 0.3 is 25.4 Å². The van der Waals surface area contributed by atoms with Gasteiger partial charge in [0.2, 0.25) is 0 Å². The number of hydrogen-bond acceptors (Lipinski definition) is 9. The highest BCUT2D eigenvalue weighted by Gasteiger charge is 2.63. The monoisotopic (exact) mass is 453 g/mol. The van der Waals surface area contributed by atoms with E-state index in [0.29, 0.717) is 0 Å². The van der Waals surface area contributed by atoms with E-state index in [1.807, 2.05) is 0 Å². The van der Waals surface area contributed by atoms with Crippen LogP contribution in [0.3, 0.4) is 0 Å². The fourth-order valence-electron chi connectivity index (χ4n) is 1.95. The molecule has 1 heterocycles. The van der Waals surface area contributed by atoms with Crippen LogP contribution in [0.15, 0.2) is 18.7 Å². The van der Waals surface area contributed by atoms with E-state index in [-0.39, 0.29) is 0 Å². The lowest BCUT2D eigenvalue weighted by molar-refractivity contribution is 0.274. The minimum absolute atomic E-state index is 0.751. The van der Waals surface area contributed by atoms with Crippen LogP contribution in [0, 0.1) is 0 Å². The number of nitrogens with zero attached hydrogens (tertiary/aromatic N) is 2. The molecule has 0 aliphatic carbocycles. The molecule has 0 amide bonds. The van der Waals surface area contributed by atoms with Crippen molar-refractivity contribution in [2.24, 2.45) is 0 Å². The van der Waals surface area contributed by atoms with Crippen molar-refractivity contribution in [3.63, 3.8) is 0 Å². The van der Waals surface area contributed by atoms with Gasteiger partial charge in [-0.1, -0.05) is 4.31 Å². The van der Waals surface area contributed by atoms with Gasteiger partial charge in [-0.2, -0.15) is 0 Å². The molecule has 0 saturated carbocycles. The predicted molar refractivity (Wildman–Crippen MR) is 88.9 cm³/mol. The van der Waals surface area contributed by atoms with Crippen molar-refractivity contribution in [3.05, 3.63) is 18.7 Å². The molecule has 1 aromatic rings. The summed E-state index contributed by atoms with van der Waals surface area (Å²) in [5, 5.41) is -3.10. The quantitative estimate of drug-likeness (QED) is 0.419. The van der Waals surface area contributed by atoms with Crippen molar-refractivity contribution in [3.8, 4) is 0 Å². The molecule has 16 heteroatoms. The van der Waals surface area contributed by atoms with Crippen LogP contribution in [-0.4, -0.2) is 40.7 Å². The second-order valence-corrected chi connectivity index (χ2v) is 13.0. The van der Waals surface area contributed by atoms with Crippen molar-refractivity contribution in [1.29, 1.82) is 0 Å². The number of hydrogen-bond donors (Lipinski definition) is 0. The van der Waals surface area contributed by atoms with Crippen molar-refractivity contribution in [1.82, 2.24) is 9.55 Å². The highest BCUT2D eigenvalue weighted by molar-refractivity contribution is 7.82. The molecule has 1 aromatic heterocycles. The topological polar surface area (TPSA) is 131 Å². The van der Waals surface area contributed by atoms with Gasteiger partial charge in [0.25, 0.3) is 12.5 Å². The molecular weight excluding hydrogens is 438 g/mol. The number of rotatable bonds is 12.